The summed E-state index contributed by atoms with van der Waals surface area (Å²) in [7, 11) is 0. The van der Waals surface area contributed by atoms with Gasteiger partial charge in [0, 0.05) is 18.8 Å². The Bertz CT molecular complexity index is 485. The molecule has 0 saturated heterocycles. The highest BCUT2D eigenvalue weighted by Gasteiger charge is 2.23. The molecule has 0 fully saturated rings. The predicted octanol–water partition coefficient (Wildman–Crippen LogP) is 2.27. The molecule has 0 spiro atoms. The first kappa shape index (κ1) is 14.6. The molecule has 1 aromatic carbocycles. The second-order valence-corrected chi connectivity index (χ2v) is 5.16. The number of carbonyl (C=O) groups excluding carboxylic acids is 2. The van der Waals surface area contributed by atoms with E-state index in [4.69, 9.17) is 0 Å². The molecular weight excluding hydrogens is 252 g/mol. The van der Waals surface area contributed by atoms with Crippen molar-refractivity contribution < 1.29 is 9.59 Å². The Morgan fingerprint density at radius 3 is 2.90 bits per heavy atom. The third-order valence-corrected chi connectivity index (χ3v) is 3.58. The lowest BCUT2D eigenvalue weighted by molar-refractivity contribution is -0.128. The fourth-order valence-electron chi connectivity index (χ4n) is 2.49. The van der Waals surface area contributed by atoms with Crippen molar-refractivity contribution in [1.82, 2.24) is 5.32 Å². The normalized spacial score (nSPS) is 13.8. The Labute approximate surface area is 120 Å². The summed E-state index contributed by atoms with van der Waals surface area (Å²) in [5, 5.41) is 2.79. The zero-order valence-corrected chi connectivity index (χ0v) is 12.0. The maximum absolute atomic E-state index is 12.3. The number of amides is 2. The Morgan fingerprint density at radius 2 is 2.10 bits per heavy atom. The van der Waals surface area contributed by atoms with Crippen molar-refractivity contribution in [3.8, 4) is 0 Å². The maximum Gasteiger partial charge on any atom is 0.236 e. The molecule has 0 unspecified atom stereocenters. The zero-order chi connectivity index (χ0) is 14.4. The van der Waals surface area contributed by atoms with Crippen LogP contribution in [0.15, 0.2) is 24.3 Å². The van der Waals surface area contributed by atoms with E-state index < -0.39 is 0 Å². The van der Waals surface area contributed by atoms with Crippen LogP contribution in [0.3, 0.4) is 0 Å². The summed E-state index contributed by atoms with van der Waals surface area (Å²) in [6.07, 6.45) is 3.89. The summed E-state index contributed by atoms with van der Waals surface area (Å²) < 4.78 is 0. The van der Waals surface area contributed by atoms with Crippen molar-refractivity contribution in [1.29, 1.82) is 0 Å². The average Bonchev–Trinajstić information content (AvgIpc) is 2.47. The van der Waals surface area contributed by atoms with Crippen molar-refractivity contribution in [2.75, 3.05) is 18.0 Å². The first-order chi connectivity index (χ1) is 9.72. The largest absolute Gasteiger partial charge is 0.356 e. The van der Waals surface area contributed by atoms with Gasteiger partial charge < -0.3 is 10.2 Å². The molecule has 0 radical (unpaired) electrons. The van der Waals surface area contributed by atoms with Gasteiger partial charge in [0.15, 0.2) is 0 Å². The fourth-order valence-corrected chi connectivity index (χ4v) is 2.49. The van der Waals surface area contributed by atoms with Crippen molar-refractivity contribution in [3.05, 3.63) is 29.8 Å². The zero-order valence-electron chi connectivity index (χ0n) is 12.0. The number of nitrogens with one attached hydrogen (secondary N) is 1. The highest BCUT2D eigenvalue weighted by atomic mass is 16.2. The number of para-hydroxylation sites is 1. The van der Waals surface area contributed by atoms with Gasteiger partial charge >= 0.3 is 0 Å². The number of fused-ring (bicyclic) bond motifs is 1. The van der Waals surface area contributed by atoms with Gasteiger partial charge in [0.05, 0.1) is 0 Å². The molecule has 1 N–H and O–H groups in total. The number of aryl methyl sites for hydroxylation is 1. The summed E-state index contributed by atoms with van der Waals surface area (Å²) in [5.41, 5.74) is 2.16. The van der Waals surface area contributed by atoms with E-state index >= 15 is 0 Å². The molecule has 1 aromatic rings. The SMILES string of the molecule is CCCCNC(=O)CC(=O)N1CCCc2ccccc21. The maximum atomic E-state index is 12.3. The van der Waals surface area contributed by atoms with E-state index in [2.05, 4.69) is 18.3 Å². The van der Waals surface area contributed by atoms with Crippen molar-refractivity contribution >= 4 is 17.5 Å². The minimum absolute atomic E-state index is 0.0575. The number of unbranched alkanes of at least 4 members (excludes halogenated alkanes) is 1. The van der Waals surface area contributed by atoms with E-state index in [1.54, 1.807) is 4.90 Å². The van der Waals surface area contributed by atoms with Crippen molar-refractivity contribution in [2.24, 2.45) is 0 Å². The Morgan fingerprint density at radius 1 is 1.30 bits per heavy atom. The third-order valence-electron chi connectivity index (χ3n) is 3.58. The van der Waals surface area contributed by atoms with Crippen LogP contribution >= 0.6 is 0 Å². The number of hydrogen-bond acceptors (Lipinski definition) is 2. The summed E-state index contributed by atoms with van der Waals surface area (Å²) >= 11 is 0. The molecule has 0 atom stereocenters. The number of benzene rings is 1. The van der Waals surface area contributed by atoms with Gasteiger partial charge in [-0.25, -0.2) is 0 Å². The third kappa shape index (κ3) is 3.59. The molecule has 0 aromatic heterocycles. The Hall–Kier alpha value is -1.84. The van der Waals surface area contributed by atoms with Crippen LogP contribution in [0.4, 0.5) is 5.69 Å². The van der Waals surface area contributed by atoms with Crippen LogP contribution in [0.25, 0.3) is 0 Å². The van der Waals surface area contributed by atoms with Gasteiger partial charge in [-0.2, -0.15) is 0 Å². The molecular formula is C16H22N2O2. The summed E-state index contributed by atoms with van der Waals surface area (Å²) in [6, 6.07) is 7.94. The van der Waals surface area contributed by atoms with E-state index in [0.29, 0.717) is 13.1 Å². The van der Waals surface area contributed by atoms with E-state index in [1.807, 2.05) is 18.2 Å². The van der Waals surface area contributed by atoms with E-state index in [1.165, 1.54) is 5.56 Å². The van der Waals surface area contributed by atoms with Gasteiger partial charge in [0.25, 0.3) is 0 Å². The molecule has 108 valence electrons. The summed E-state index contributed by atoms with van der Waals surface area (Å²) in [5.74, 6) is -0.280. The minimum Gasteiger partial charge on any atom is -0.356 e. The summed E-state index contributed by atoms with van der Waals surface area (Å²) in [4.78, 5) is 25.7. The first-order valence-corrected chi connectivity index (χ1v) is 7.37. The van der Waals surface area contributed by atoms with Crippen LogP contribution in [0.5, 0.6) is 0 Å². The van der Waals surface area contributed by atoms with Crippen LogP contribution in [0.2, 0.25) is 0 Å². The van der Waals surface area contributed by atoms with E-state index in [-0.39, 0.29) is 18.2 Å². The number of nitrogens with zero attached hydrogens (tertiary/aromatic N) is 1. The molecule has 0 aliphatic carbocycles. The van der Waals surface area contributed by atoms with Crippen molar-refractivity contribution in [3.63, 3.8) is 0 Å². The van der Waals surface area contributed by atoms with Crippen LogP contribution in [0.1, 0.15) is 38.2 Å². The van der Waals surface area contributed by atoms with E-state index in [9.17, 15) is 9.59 Å². The molecule has 2 amide bonds. The van der Waals surface area contributed by atoms with Gasteiger partial charge in [-0.1, -0.05) is 31.5 Å². The molecule has 0 bridgehead atoms. The smallest absolute Gasteiger partial charge is 0.236 e. The molecule has 4 nitrogen and oxygen atoms in total. The molecule has 0 saturated carbocycles. The second kappa shape index (κ2) is 7.08. The number of anilines is 1. The monoisotopic (exact) mass is 274 g/mol. The van der Waals surface area contributed by atoms with Crippen LogP contribution in [-0.2, 0) is 16.0 Å². The first-order valence-electron chi connectivity index (χ1n) is 7.37. The highest BCUT2D eigenvalue weighted by molar-refractivity contribution is 6.05. The molecule has 2 rings (SSSR count). The topological polar surface area (TPSA) is 49.4 Å². The number of carbonyl (C=O) groups is 2. The lowest BCUT2D eigenvalue weighted by Crippen LogP contribution is -2.38. The Balaban J connectivity index is 1.95. The van der Waals surface area contributed by atoms with Crippen LogP contribution in [0, 0.1) is 0 Å². The highest BCUT2D eigenvalue weighted by Crippen LogP contribution is 2.27. The standard InChI is InChI=1S/C16H22N2O2/c1-2-3-10-17-15(19)12-16(20)18-11-6-8-13-7-4-5-9-14(13)18/h4-5,7,9H,2-3,6,8,10-12H2,1H3,(H,17,19). The number of rotatable bonds is 5. The van der Waals surface area contributed by atoms with Crippen molar-refractivity contribution in [2.45, 2.75) is 39.0 Å². The van der Waals surface area contributed by atoms with Crippen LogP contribution in [-0.4, -0.2) is 24.9 Å². The molecule has 1 heterocycles. The molecule has 1 aliphatic rings. The predicted molar refractivity (Wildman–Crippen MR) is 79.7 cm³/mol. The second-order valence-electron chi connectivity index (χ2n) is 5.16. The van der Waals surface area contributed by atoms with Gasteiger partial charge in [-0.05, 0) is 30.9 Å². The van der Waals surface area contributed by atoms with Gasteiger partial charge in [0.2, 0.25) is 11.8 Å². The lowest BCUT2D eigenvalue weighted by atomic mass is 10.0. The Kier molecular flexibility index (Phi) is 5.16. The summed E-state index contributed by atoms with van der Waals surface area (Å²) in [6.45, 7) is 3.43. The molecule has 1 aliphatic heterocycles. The lowest BCUT2D eigenvalue weighted by Gasteiger charge is -2.29. The quantitative estimate of drug-likeness (QED) is 0.661. The number of hydrogen-bond donors (Lipinski definition) is 1. The van der Waals surface area contributed by atoms with Crippen LogP contribution < -0.4 is 10.2 Å². The van der Waals surface area contributed by atoms with Gasteiger partial charge in [-0.15, -0.1) is 0 Å². The van der Waals surface area contributed by atoms with Gasteiger partial charge in [0.1, 0.15) is 6.42 Å². The van der Waals surface area contributed by atoms with E-state index in [0.717, 1.165) is 31.4 Å². The fraction of sp³-hybridized carbons (Fsp3) is 0.500. The average molecular weight is 274 g/mol. The van der Waals surface area contributed by atoms with Gasteiger partial charge in [-0.3, -0.25) is 9.59 Å². The molecule has 4 heteroatoms. The molecule has 20 heavy (non-hydrogen) atoms. The minimum atomic E-state index is -0.175.